The molecule has 1 atom stereocenters. The minimum Gasteiger partial charge on any atom is -0.380 e. The van der Waals surface area contributed by atoms with E-state index in [1.54, 1.807) is 13.2 Å². The van der Waals surface area contributed by atoms with Gasteiger partial charge in [0.15, 0.2) is 0 Å². The van der Waals surface area contributed by atoms with E-state index in [0.717, 1.165) is 25.3 Å². The number of nitrogens with two attached hydrogens (primary N) is 1. The van der Waals surface area contributed by atoms with Crippen molar-refractivity contribution >= 4 is 11.7 Å². The molecule has 1 saturated heterocycles. The molecular weight excluding hydrogens is 206 g/mol. The maximum Gasteiger partial charge on any atom is 0.268 e. The normalized spacial score (nSPS) is 20.1. The number of carbonyl (C=O) groups is 1. The van der Waals surface area contributed by atoms with Gasteiger partial charge >= 0.3 is 0 Å². The minimum absolute atomic E-state index is 0.179. The number of primary amides is 1. The van der Waals surface area contributed by atoms with Crippen molar-refractivity contribution in [1.29, 1.82) is 0 Å². The maximum atomic E-state index is 11.0. The van der Waals surface area contributed by atoms with Gasteiger partial charge in [-0.2, -0.15) is 0 Å². The molecule has 2 heterocycles. The Labute approximate surface area is 94.2 Å². The Bertz CT molecular complexity index is 395. The summed E-state index contributed by atoms with van der Waals surface area (Å²) >= 11 is 0. The highest BCUT2D eigenvalue weighted by molar-refractivity contribution is 5.90. The number of methoxy groups -OCH3 is 1. The van der Waals surface area contributed by atoms with Crippen LogP contribution in [0.4, 0.5) is 5.82 Å². The van der Waals surface area contributed by atoms with Crippen molar-refractivity contribution in [3.63, 3.8) is 0 Å². The largest absolute Gasteiger partial charge is 0.380 e. The lowest BCUT2D eigenvalue weighted by Crippen LogP contribution is -2.24. The summed E-state index contributed by atoms with van der Waals surface area (Å²) in [6, 6.07) is 6.21. The van der Waals surface area contributed by atoms with E-state index in [-0.39, 0.29) is 11.8 Å². The summed E-state index contributed by atoms with van der Waals surface area (Å²) in [5.74, 6) is 0.205. The molecule has 5 nitrogen and oxygen atoms in total. The maximum absolute atomic E-state index is 11.0. The van der Waals surface area contributed by atoms with Crippen LogP contribution in [0.5, 0.6) is 0 Å². The van der Waals surface area contributed by atoms with Crippen LogP contribution in [0.2, 0.25) is 0 Å². The number of anilines is 1. The Hall–Kier alpha value is -1.62. The molecule has 1 aromatic rings. The highest BCUT2D eigenvalue weighted by Crippen LogP contribution is 2.19. The molecule has 1 aromatic heterocycles. The van der Waals surface area contributed by atoms with Gasteiger partial charge in [0.25, 0.3) is 5.91 Å². The first-order valence-corrected chi connectivity index (χ1v) is 5.17. The van der Waals surface area contributed by atoms with E-state index in [2.05, 4.69) is 16.0 Å². The van der Waals surface area contributed by atoms with Crippen LogP contribution >= 0.6 is 0 Å². The number of nitrogens with zero attached hydrogens (tertiary/aromatic N) is 2. The van der Waals surface area contributed by atoms with E-state index >= 15 is 0 Å². The Morgan fingerprint density at radius 3 is 3.19 bits per heavy atom. The second-order valence-corrected chi connectivity index (χ2v) is 3.75. The van der Waals surface area contributed by atoms with Crippen LogP contribution in [0.25, 0.3) is 0 Å². The van der Waals surface area contributed by atoms with Gasteiger partial charge in [-0.3, -0.25) is 4.79 Å². The molecule has 1 amide bonds. The van der Waals surface area contributed by atoms with Gasteiger partial charge in [0.2, 0.25) is 0 Å². The molecule has 16 heavy (non-hydrogen) atoms. The molecule has 0 aromatic carbocycles. The van der Waals surface area contributed by atoms with E-state index in [0.29, 0.717) is 0 Å². The summed E-state index contributed by atoms with van der Waals surface area (Å²) in [7, 11) is 1.70. The zero-order chi connectivity index (χ0) is 11.5. The summed E-state index contributed by atoms with van der Waals surface area (Å²) in [6.45, 7) is 1.68. The molecule has 0 aliphatic carbocycles. The first-order chi connectivity index (χ1) is 7.70. The number of carbonyl (C=O) groups excluding carboxylic acids is 1. The summed E-state index contributed by atoms with van der Waals surface area (Å²) in [4.78, 5) is 17.2. The van der Waals surface area contributed by atoms with Gasteiger partial charge in [-0.05, 0) is 18.6 Å². The number of hydrogen-bond acceptors (Lipinski definition) is 4. The van der Waals surface area contributed by atoms with Gasteiger partial charge in [0, 0.05) is 26.3 Å². The fourth-order valence-corrected chi connectivity index (χ4v) is 1.81. The van der Waals surface area contributed by atoms with Crippen molar-refractivity contribution in [2.75, 3.05) is 25.1 Å². The predicted molar refractivity (Wildman–Crippen MR) is 59.2 cm³/mol. The number of ether oxygens (including phenoxy) is 1. The number of amides is 1. The molecule has 1 aliphatic heterocycles. The lowest BCUT2D eigenvalue weighted by Gasteiger charge is -2.17. The van der Waals surface area contributed by atoms with E-state index in [1.807, 2.05) is 6.07 Å². The van der Waals surface area contributed by atoms with Gasteiger partial charge in [-0.25, -0.2) is 4.98 Å². The topological polar surface area (TPSA) is 68.5 Å². The van der Waals surface area contributed by atoms with Gasteiger partial charge in [-0.15, -0.1) is 0 Å². The van der Waals surface area contributed by atoms with Gasteiger partial charge in [-0.1, -0.05) is 0 Å². The van der Waals surface area contributed by atoms with Crippen molar-refractivity contribution in [2.45, 2.75) is 12.5 Å². The van der Waals surface area contributed by atoms with Crippen LogP contribution in [0.3, 0.4) is 0 Å². The second kappa shape index (κ2) is 4.49. The molecule has 0 bridgehead atoms. The number of aromatic nitrogens is 1. The molecule has 5 heteroatoms. The van der Waals surface area contributed by atoms with Crippen LogP contribution in [-0.2, 0) is 4.74 Å². The smallest absolute Gasteiger partial charge is 0.268 e. The van der Waals surface area contributed by atoms with Crippen molar-refractivity contribution in [1.82, 2.24) is 4.98 Å². The third-order valence-electron chi connectivity index (χ3n) is 2.71. The van der Waals surface area contributed by atoms with Crippen LogP contribution in [0.15, 0.2) is 12.1 Å². The summed E-state index contributed by atoms with van der Waals surface area (Å²) in [6.07, 6.45) is 1.21. The summed E-state index contributed by atoms with van der Waals surface area (Å²) in [5, 5.41) is 0. The Morgan fingerprint density at radius 2 is 2.56 bits per heavy atom. The average molecular weight is 220 g/mol. The Balaban J connectivity index is 2.15. The second-order valence-electron chi connectivity index (χ2n) is 3.75. The molecule has 2 N–H and O–H groups in total. The molecular formula is C11H14N3O2. The van der Waals surface area contributed by atoms with Crippen LogP contribution < -0.4 is 10.6 Å². The molecule has 0 saturated carbocycles. The lowest BCUT2D eigenvalue weighted by atomic mass is 10.3. The van der Waals surface area contributed by atoms with Crippen molar-refractivity contribution in [3.05, 3.63) is 23.9 Å². The van der Waals surface area contributed by atoms with Crippen LogP contribution in [0, 0.1) is 6.07 Å². The van der Waals surface area contributed by atoms with Crippen LogP contribution in [-0.4, -0.2) is 37.2 Å². The Kier molecular flexibility index (Phi) is 3.05. The van der Waals surface area contributed by atoms with Gasteiger partial charge in [0.1, 0.15) is 11.5 Å². The fourth-order valence-electron chi connectivity index (χ4n) is 1.81. The number of pyridine rings is 1. The molecule has 1 fully saturated rings. The minimum atomic E-state index is -0.552. The van der Waals surface area contributed by atoms with Crippen molar-refractivity contribution in [2.24, 2.45) is 5.73 Å². The Morgan fingerprint density at radius 1 is 1.75 bits per heavy atom. The average Bonchev–Trinajstić information content (AvgIpc) is 2.77. The number of rotatable bonds is 3. The molecule has 85 valence electrons. The predicted octanol–water partition coefficient (Wildman–Crippen LogP) is 0.206. The number of hydrogen-bond donors (Lipinski definition) is 1. The fraction of sp³-hybridized carbons (Fsp3) is 0.455. The van der Waals surface area contributed by atoms with E-state index in [1.165, 1.54) is 0 Å². The third kappa shape index (κ3) is 2.14. The van der Waals surface area contributed by atoms with E-state index in [9.17, 15) is 4.79 Å². The quantitative estimate of drug-likeness (QED) is 0.790. The first-order valence-electron chi connectivity index (χ1n) is 5.17. The molecule has 0 spiro atoms. The SMILES string of the molecule is CO[C@H]1CCN(c2cc[c]c(C(N)=O)n2)C1. The van der Waals surface area contributed by atoms with Crippen LogP contribution in [0.1, 0.15) is 16.9 Å². The first kappa shape index (κ1) is 10.9. The van der Waals surface area contributed by atoms with Gasteiger partial charge < -0.3 is 15.4 Å². The molecule has 0 unspecified atom stereocenters. The standard InChI is InChI=1S/C11H14N3O2/c1-16-8-5-6-14(7-8)10-4-2-3-9(13-10)11(12)15/h2,4,8H,5-7H2,1H3,(H2,12,15)/t8-/m0/s1. The molecule has 1 radical (unpaired) electrons. The lowest BCUT2D eigenvalue weighted by molar-refractivity contribution is 0.0995. The zero-order valence-corrected chi connectivity index (χ0v) is 9.14. The summed E-state index contributed by atoms with van der Waals surface area (Å²) in [5.41, 5.74) is 5.34. The summed E-state index contributed by atoms with van der Waals surface area (Å²) < 4.78 is 5.27. The van der Waals surface area contributed by atoms with E-state index < -0.39 is 5.91 Å². The van der Waals surface area contributed by atoms with E-state index in [4.69, 9.17) is 10.5 Å². The van der Waals surface area contributed by atoms with Crippen molar-refractivity contribution in [3.8, 4) is 0 Å². The highest BCUT2D eigenvalue weighted by Gasteiger charge is 2.23. The molecule has 2 rings (SSSR count). The molecule has 1 aliphatic rings. The van der Waals surface area contributed by atoms with Gasteiger partial charge in [0.05, 0.1) is 6.10 Å². The third-order valence-corrected chi connectivity index (χ3v) is 2.71. The monoisotopic (exact) mass is 220 g/mol. The zero-order valence-electron chi connectivity index (χ0n) is 9.14. The van der Waals surface area contributed by atoms with Crippen molar-refractivity contribution < 1.29 is 9.53 Å². The highest BCUT2D eigenvalue weighted by atomic mass is 16.5.